The SMILES string of the molecule is NC(=S)c1ccc(N2CCN(CCO)CC2)cn1. The lowest BCUT2D eigenvalue weighted by atomic mass is 10.2. The van der Waals surface area contributed by atoms with E-state index in [0.717, 1.165) is 38.4 Å². The molecule has 0 bridgehead atoms. The average molecular weight is 266 g/mol. The molecule has 5 nitrogen and oxygen atoms in total. The van der Waals surface area contributed by atoms with Gasteiger partial charge < -0.3 is 15.7 Å². The van der Waals surface area contributed by atoms with Crippen LogP contribution in [0.1, 0.15) is 5.69 Å². The fourth-order valence-corrected chi connectivity index (χ4v) is 2.21. The van der Waals surface area contributed by atoms with Crippen molar-refractivity contribution in [1.29, 1.82) is 0 Å². The smallest absolute Gasteiger partial charge is 0.122 e. The van der Waals surface area contributed by atoms with Crippen molar-refractivity contribution in [2.45, 2.75) is 0 Å². The topological polar surface area (TPSA) is 65.6 Å². The number of anilines is 1. The molecule has 0 radical (unpaired) electrons. The summed E-state index contributed by atoms with van der Waals surface area (Å²) in [5.41, 5.74) is 7.27. The summed E-state index contributed by atoms with van der Waals surface area (Å²) in [6.45, 7) is 4.83. The van der Waals surface area contributed by atoms with Crippen LogP contribution in [0.15, 0.2) is 18.3 Å². The summed E-state index contributed by atoms with van der Waals surface area (Å²) >= 11 is 4.88. The van der Waals surface area contributed by atoms with Crippen molar-refractivity contribution in [1.82, 2.24) is 9.88 Å². The number of hydrogen-bond donors (Lipinski definition) is 2. The Bertz CT molecular complexity index is 401. The van der Waals surface area contributed by atoms with Crippen molar-refractivity contribution in [2.75, 3.05) is 44.2 Å². The lowest BCUT2D eigenvalue weighted by Gasteiger charge is -2.35. The normalized spacial score (nSPS) is 16.8. The number of aliphatic hydroxyl groups excluding tert-OH is 1. The Morgan fingerprint density at radius 3 is 2.56 bits per heavy atom. The highest BCUT2D eigenvalue weighted by molar-refractivity contribution is 7.80. The van der Waals surface area contributed by atoms with Gasteiger partial charge in [-0.2, -0.15) is 0 Å². The van der Waals surface area contributed by atoms with Crippen molar-refractivity contribution in [3.8, 4) is 0 Å². The highest BCUT2D eigenvalue weighted by atomic mass is 32.1. The molecule has 1 saturated heterocycles. The van der Waals surface area contributed by atoms with E-state index >= 15 is 0 Å². The van der Waals surface area contributed by atoms with Crippen LogP contribution in [-0.4, -0.2) is 59.3 Å². The molecule has 2 heterocycles. The highest BCUT2D eigenvalue weighted by Gasteiger charge is 2.16. The molecule has 1 aromatic heterocycles. The lowest BCUT2D eigenvalue weighted by Crippen LogP contribution is -2.47. The van der Waals surface area contributed by atoms with Crippen molar-refractivity contribution in [2.24, 2.45) is 5.73 Å². The van der Waals surface area contributed by atoms with E-state index < -0.39 is 0 Å². The summed E-state index contributed by atoms with van der Waals surface area (Å²) in [6, 6.07) is 3.86. The van der Waals surface area contributed by atoms with Crippen LogP contribution in [0.3, 0.4) is 0 Å². The van der Waals surface area contributed by atoms with Crippen LogP contribution in [0, 0.1) is 0 Å². The Morgan fingerprint density at radius 2 is 2.06 bits per heavy atom. The van der Waals surface area contributed by atoms with Crippen molar-refractivity contribution < 1.29 is 5.11 Å². The summed E-state index contributed by atoms with van der Waals surface area (Å²) in [5, 5.41) is 8.89. The van der Waals surface area contributed by atoms with Crippen LogP contribution >= 0.6 is 12.2 Å². The Kier molecular flexibility index (Phi) is 4.46. The first kappa shape index (κ1) is 13.2. The molecule has 18 heavy (non-hydrogen) atoms. The molecule has 1 aromatic rings. The summed E-state index contributed by atoms with van der Waals surface area (Å²) in [6.07, 6.45) is 1.82. The van der Waals surface area contributed by atoms with E-state index in [4.69, 9.17) is 23.1 Å². The molecule has 6 heteroatoms. The van der Waals surface area contributed by atoms with E-state index in [1.54, 1.807) is 0 Å². The number of rotatable bonds is 4. The predicted octanol–water partition coefficient (Wildman–Crippen LogP) is -0.170. The second kappa shape index (κ2) is 6.08. The minimum Gasteiger partial charge on any atom is -0.395 e. The van der Waals surface area contributed by atoms with Gasteiger partial charge in [0.2, 0.25) is 0 Å². The maximum atomic E-state index is 8.89. The number of aliphatic hydroxyl groups is 1. The van der Waals surface area contributed by atoms with E-state index in [-0.39, 0.29) is 6.61 Å². The number of hydrogen-bond acceptors (Lipinski definition) is 5. The van der Waals surface area contributed by atoms with E-state index in [1.165, 1.54) is 0 Å². The molecule has 1 aliphatic rings. The van der Waals surface area contributed by atoms with Gasteiger partial charge in [-0.15, -0.1) is 0 Å². The van der Waals surface area contributed by atoms with Crippen molar-refractivity contribution >= 4 is 22.9 Å². The molecule has 1 aliphatic heterocycles. The van der Waals surface area contributed by atoms with Crippen LogP contribution in [0.2, 0.25) is 0 Å². The zero-order chi connectivity index (χ0) is 13.0. The lowest BCUT2D eigenvalue weighted by molar-refractivity contribution is 0.189. The Hall–Kier alpha value is -1.24. The zero-order valence-corrected chi connectivity index (χ0v) is 11.1. The van der Waals surface area contributed by atoms with Crippen LogP contribution < -0.4 is 10.6 Å². The number of piperazine rings is 1. The molecule has 0 aromatic carbocycles. The summed E-state index contributed by atoms with van der Waals surface area (Å²) in [4.78, 5) is 9.11. The monoisotopic (exact) mass is 266 g/mol. The van der Waals surface area contributed by atoms with Crippen LogP contribution in [-0.2, 0) is 0 Å². The molecule has 98 valence electrons. The molecule has 0 atom stereocenters. The third kappa shape index (κ3) is 3.16. The summed E-state index contributed by atoms with van der Waals surface area (Å²) in [7, 11) is 0. The minimum absolute atomic E-state index is 0.226. The molecule has 0 aliphatic carbocycles. The largest absolute Gasteiger partial charge is 0.395 e. The molecular formula is C12H18N4OS. The number of aromatic nitrogens is 1. The van der Waals surface area contributed by atoms with Gasteiger partial charge in [-0.3, -0.25) is 9.88 Å². The number of nitrogens with zero attached hydrogens (tertiary/aromatic N) is 3. The molecule has 1 fully saturated rings. The molecule has 0 amide bonds. The van der Waals surface area contributed by atoms with Gasteiger partial charge in [-0.25, -0.2) is 0 Å². The fourth-order valence-electron chi connectivity index (χ4n) is 2.09. The van der Waals surface area contributed by atoms with E-state index in [0.29, 0.717) is 10.7 Å². The molecule has 2 rings (SSSR count). The van der Waals surface area contributed by atoms with Gasteiger partial charge in [0.25, 0.3) is 0 Å². The average Bonchev–Trinajstić information content (AvgIpc) is 2.40. The van der Waals surface area contributed by atoms with Crippen molar-refractivity contribution in [3.05, 3.63) is 24.0 Å². The van der Waals surface area contributed by atoms with Crippen LogP contribution in [0.4, 0.5) is 5.69 Å². The van der Waals surface area contributed by atoms with Crippen LogP contribution in [0.25, 0.3) is 0 Å². The Labute approximate surface area is 112 Å². The number of nitrogens with two attached hydrogens (primary N) is 1. The minimum atomic E-state index is 0.226. The fraction of sp³-hybridized carbons (Fsp3) is 0.500. The van der Waals surface area contributed by atoms with E-state index in [1.807, 2.05) is 18.3 Å². The zero-order valence-electron chi connectivity index (χ0n) is 10.2. The van der Waals surface area contributed by atoms with Gasteiger partial charge in [0.05, 0.1) is 24.2 Å². The van der Waals surface area contributed by atoms with Gasteiger partial charge in [-0.1, -0.05) is 12.2 Å². The molecule has 3 N–H and O–H groups in total. The van der Waals surface area contributed by atoms with E-state index in [9.17, 15) is 0 Å². The van der Waals surface area contributed by atoms with Crippen LogP contribution in [0.5, 0.6) is 0 Å². The Balaban J connectivity index is 1.95. The first-order chi connectivity index (χ1) is 8.70. The second-order valence-electron chi connectivity index (χ2n) is 4.32. The number of β-amino-alcohol motifs (C(OH)–C–C–N with tert-alkyl or cyclic N) is 1. The summed E-state index contributed by atoms with van der Waals surface area (Å²) in [5.74, 6) is 0. The number of pyridine rings is 1. The van der Waals surface area contributed by atoms with Gasteiger partial charge >= 0.3 is 0 Å². The third-order valence-electron chi connectivity index (χ3n) is 3.15. The molecule has 0 unspecified atom stereocenters. The van der Waals surface area contributed by atoms with Crippen molar-refractivity contribution in [3.63, 3.8) is 0 Å². The predicted molar refractivity (Wildman–Crippen MR) is 75.9 cm³/mol. The summed E-state index contributed by atoms with van der Waals surface area (Å²) < 4.78 is 0. The van der Waals surface area contributed by atoms with E-state index in [2.05, 4.69) is 14.8 Å². The molecule has 0 spiro atoms. The van der Waals surface area contributed by atoms with Gasteiger partial charge in [0.1, 0.15) is 4.99 Å². The van der Waals surface area contributed by atoms with Gasteiger partial charge in [0.15, 0.2) is 0 Å². The molecular weight excluding hydrogens is 248 g/mol. The second-order valence-corrected chi connectivity index (χ2v) is 4.76. The first-order valence-corrected chi connectivity index (χ1v) is 6.45. The van der Waals surface area contributed by atoms with Gasteiger partial charge in [0, 0.05) is 32.7 Å². The molecule has 0 saturated carbocycles. The van der Waals surface area contributed by atoms with Gasteiger partial charge in [-0.05, 0) is 12.1 Å². The standard InChI is InChI=1S/C12H18N4OS/c13-12(18)11-2-1-10(9-14-11)16-5-3-15(4-6-16)7-8-17/h1-2,9,17H,3-8H2,(H2,13,18). The maximum absolute atomic E-state index is 8.89. The quantitative estimate of drug-likeness (QED) is 0.738. The Morgan fingerprint density at radius 1 is 1.33 bits per heavy atom. The number of thiocarbonyl (C=S) groups is 1. The third-order valence-corrected chi connectivity index (χ3v) is 3.36. The maximum Gasteiger partial charge on any atom is 0.122 e. The first-order valence-electron chi connectivity index (χ1n) is 6.04. The highest BCUT2D eigenvalue weighted by Crippen LogP contribution is 2.15.